The second-order valence-electron chi connectivity index (χ2n) is 7.19. The van der Waals surface area contributed by atoms with E-state index in [-0.39, 0.29) is 27.7 Å². The van der Waals surface area contributed by atoms with Gasteiger partial charge in [0.1, 0.15) is 4.90 Å². The Hall–Kier alpha value is -4.11. The molecule has 0 spiro atoms. The van der Waals surface area contributed by atoms with Gasteiger partial charge in [0.25, 0.3) is 0 Å². The maximum absolute atomic E-state index is 12.8. The van der Waals surface area contributed by atoms with Gasteiger partial charge in [-0.2, -0.15) is 8.42 Å². The number of carbonyl (C=O) groups excluding carboxylic acids is 2. The minimum atomic E-state index is -4.26. The van der Waals surface area contributed by atoms with E-state index in [2.05, 4.69) is 4.98 Å². The Morgan fingerprint density at radius 1 is 0.912 bits per heavy atom. The van der Waals surface area contributed by atoms with Crippen LogP contribution in [-0.2, 0) is 14.9 Å². The van der Waals surface area contributed by atoms with E-state index in [4.69, 9.17) is 13.7 Å². The van der Waals surface area contributed by atoms with Gasteiger partial charge in [0.15, 0.2) is 18.1 Å². The van der Waals surface area contributed by atoms with E-state index in [1.807, 2.05) is 12.1 Å². The maximum Gasteiger partial charge on any atom is 0.339 e. The fraction of sp³-hybridized carbons (Fsp3) is 0.120. The van der Waals surface area contributed by atoms with E-state index in [9.17, 15) is 18.0 Å². The molecule has 9 heteroatoms. The number of aromatic amines is 1. The zero-order valence-electron chi connectivity index (χ0n) is 18.2. The molecule has 8 nitrogen and oxygen atoms in total. The summed E-state index contributed by atoms with van der Waals surface area (Å²) in [6.45, 7) is 1.61. The van der Waals surface area contributed by atoms with Crippen LogP contribution in [0.3, 0.4) is 0 Å². The number of rotatable bonds is 9. The third-order valence-corrected chi connectivity index (χ3v) is 6.16. The fourth-order valence-corrected chi connectivity index (χ4v) is 4.32. The molecular weight excluding hydrogens is 458 g/mol. The van der Waals surface area contributed by atoms with Crippen molar-refractivity contribution in [2.45, 2.75) is 11.8 Å². The topological polar surface area (TPSA) is 112 Å². The summed E-state index contributed by atoms with van der Waals surface area (Å²) < 4.78 is 41.4. The van der Waals surface area contributed by atoms with Crippen LogP contribution in [0, 0.1) is 0 Å². The minimum Gasteiger partial charge on any atom is -0.490 e. The lowest BCUT2D eigenvalue weighted by molar-refractivity contribution is 0.0475. The van der Waals surface area contributed by atoms with Crippen molar-refractivity contribution in [1.29, 1.82) is 0 Å². The molecule has 0 saturated carbocycles. The fourth-order valence-electron chi connectivity index (χ4n) is 3.33. The van der Waals surface area contributed by atoms with Gasteiger partial charge in [-0.25, -0.2) is 4.79 Å². The number of nitrogens with one attached hydrogen (secondary N) is 1. The minimum absolute atomic E-state index is 0.0293. The van der Waals surface area contributed by atoms with Crippen LogP contribution in [0.25, 0.3) is 10.9 Å². The molecule has 34 heavy (non-hydrogen) atoms. The third-order valence-electron chi connectivity index (χ3n) is 4.93. The van der Waals surface area contributed by atoms with E-state index in [1.165, 1.54) is 24.3 Å². The standard InChI is InChI=1S/C25H21NO7S/c1-2-31-23-12-5-6-13-24(23)33-34(29,30)18-9-7-8-17(14-18)25(28)32-16-22(27)20-15-26-21-11-4-3-10-19(20)21/h3-15,26H,2,16H2,1H3. The van der Waals surface area contributed by atoms with Gasteiger partial charge in [-0.05, 0) is 43.3 Å². The van der Waals surface area contributed by atoms with Gasteiger partial charge in [-0.1, -0.05) is 36.4 Å². The largest absolute Gasteiger partial charge is 0.490 e. The molecular formula is C25H21NO7S. The van der Waals surface area contributed by atoms with Gasteiger partial charge >= 0.3 is 16.1 Å². The molecule has 0 saturated heterocycles. The molecule has 1 heterocycles. The maximum atomic E-state index is 12.8. The first kappa shape index (κ1) is 23.1. The highest BCUT2D eigenvalue weighted by molar-refractivity contribution is 7.87. The van der Waals surface area contributed by atoms with Crippen LogP contribution in [-0.4, -0.2) is 38.4 Å². The van der Waals surface area contributed by atoms with E-state index in [1.54, 1.807) is 43.5 Å². The van der Waals surface area contributed by atoms with Crippen LogP contribution >= 0.6 is 0 Å². The van der Waals surface area contributed by atoms with Crippen molar-refractivity contribution in [2.24, 2.45) is 0 Å². The van der Waals surface area contributed by atoms with Gasteiger partial charge in [-0.3, -0.25) is 4.79 Å². The summed E-state index contributed by atoms with van der Waals surface area (Å²) in [6.07, 6.45) is 1.56. The van der Waals surface area contributed by atoms with Crippen molar-refractivity contribution in [1.82, 2.24) is 4.98 Å². The van der Waals surface area contributed by atoms with Gasteiger partial charge in [0.05, 0.1) is 12.2 Å². The van der Waals surface area contributed by atoms with E-state index >= 15 is 0 Å². The molecule has 4 aromatic rings. The number of hydrogen-bond acceptors (Lipinski definition) is 7. The Kier molecular flexibility index (Phi) is 6.65. The number of Topliss-reactive ketones (excluding diaryl/α,β-unsaturated/α-hetero) is 1. The molecule has 1 N–H and O–H groups in total. The first-order chi connectivity index (χ1) is 16.4. The van der Waals surface area contributed by atoms with Crippen molar-refractivity contribution < 1.29 is 31.7 Å². The second kappa shape index (κ2) is 9.80. The number of esters is 1. The SMILES string of the molecule is CCOc1ccccc1OS(=O)(=O)c1cccc(C(=O)OCC(=O)c2c[nH]c3ccccc23)c1. The first-order valence-electron chi connectivity index (χ1n) is 10.4. The van der Waals surface area contributed by atoms with Gasteiger partial charge < -0.3 is 18.6 Å². The van der Waals surface area contributed by atoms with Crippen molar-refractivity contribution in [2.75, 3.05) is 13.2 Å². The van der Waals surface area contributed by atoms with Crippen molar-refractivity contribution in [3.05, 3.63) is 90.1 Å². The number of carbonyl (C=O) groups is 2. The number of ketones is 1. The molecule has 1 aromatic heterocycles. The van der Waals surface area contributed by atoms with Crippen molar-refractivity contribution in [3.63, 3.8) is 0 Å². The van der Waals surface area contributed by atoms with Crippen molar-refractivity contribution >= 4 is 32.8 Å². The molecule has 0 radical (unpaired) electrons. The molecule has 0 fully saturated rings. The van der Waals surface area contributed by atoms with Crippen LogP contribution in [0.15, 0.2) is 83.9 Å². The monoisotopic (exact) mass is 479 g/mol. The summed E-state index contributed by atoms with van der Waals surface area (Å²) in [5.74, 6) is -0.910. The van der Waals surface area contributed by atoms with E-state index in [0.717, 1.165) is 17.0 Å². The van der Waals surface area contributed by atoms with Crippen molar-refractivity contribution in [3.8, 4) is 11.5 Å². The number of aromatic nitrogens is 1. The lowest BCUT2D eigenvalue weighted by atomic mass is 10.1. The summed E-state index contributed by atoms with van der Waals surface area (Å²) in [5, 5.41) is 0.723. The molecule has 4 rings (SSSR count). The summed E-state index contributed by atoms with van der Waals surface area (Å²) in [7, 11) is -4.26. The molecule has 3 aromatic carbocycles. The number of fused-ring (bicyclic) bond motifs is 1. The summed E-state index contributed by atoms with van der Waals surface area (Å²) in [6, 6.07) is 18.9. The Labute approximate surface area is 196 Å². The van der Waals surface area contributed by atoms with Crippen LogP contribution in [0.4, 0.5) is 0 Å². The van der Waals surface area contributed by atoms with Crippen LogP contribution < -0.4 is 8.92 Å². The number of H-pyrrole nitrogens is 1. The zero-order valence-corrected chi connectivity index (χ0v) is 19.0. The van der Waals surface area contributed by atoms with Gasteiger partial charge in [0, 0.05) is 22.7 Å². The molecule has 0 atom stereocenters. The predicted octanol–water partition coefficient (Wildman–Crippen LogP) is 4.37. The summed E-state index contributed by atoms with van der Waals surface area (Å²) >= 11 is 0. The molecule has 0 aliphatic heterocycles. The molecule has 0 aliphatic rings. The molecule has 174 valence electrons. The van der Waals surface area contributed by atoms with E-state index < -0.39 is 22.7 Å². The predicted molar refractivity (Wildman–Crippen MR) is 125 cm³/mol. The quantitative estimate of drug-likeness (QED) is 0.215. The Balaban J connectivity index is 1.47. The number of hydrogen-bond donors (Lipinski definition) is 1. The normalized spacial score (nSPS) is 11.2. The van der Waals surface area contributed by atoms with Gasteiger partial charge in [-0.15, -0.1) is 0 Å². The molecule has 0 amide bonds. The number of benzene rings is 3. The Morgan fingerprint density at radius 2 is 1.65 bits per heavy atom. The Morgan fingerprint density at radius 3 is 2.44 bits per heavy atom. The van der Waals surface area contributed by atoms with Crippen LogP contribution in [0.5, 0.6) is 11.5 Å². The average Bonchev–Trinajstić information content (AvgIpc) is 3.28. The van der Waals surface area contributed by atoms with Crippen LogP contribution in [0.2, 0.25) is 0 Å². The van der Waals surface area contributed by atoms with E-state index in [0.29, 0.717) is 12.2 Å². The Bertz CT molecular complexity index is 1460. The summed E-state index contributed by atoms with van der Waals surface area (Å²) in [4.78, 5) is 27.8. The number of para-hydroxylation sites is 3. The second-order valence-corrected chi connectivity index (χ2v) is 8.74. The highest BCUT2D eigenvalue weighted by Gasteiger charge is 2.22. The average molecular weight is 480 g/mol. The molecule has 0 bridgehead atoms. The summed E-state index contributed by atoms with van der Waals surface area (Å²) in [5.41, 5.74) is 1.16. The highest BCUT2D eigenvalue weighted by atomic mass is 32.2. The van der Waals surface area contributed by atoms with Gasteiger partial charge in [0.2, 0.25) is 5.78 Å². The first-order valence-corrected chi connectivity index (χ1v) is 11.8. The lowest BCUT2D eigenvalue weighted by Gasteiger charge is -2.12. The molecule has 0 aliphatic carbocycles. The lowest BCUT2D eigenvalue weighted by Crippen LogP contribution is -2.15. The third kappa shape index (κ3) is 4.94. The number of ether oxygens (including phenoxy) is 2. The van der Waals surface area contributed by atoms with Crippen LogP contribution in [0.1, 0.15) is 27.6 Å². The molecule has 0 unspecified atom stereocenters. The zero-order chi connectivity index (χ0) is 24.1. The highest BCUT2D eigenvalue weighted by Crippen LogP contribution is 2.29. The smallest absolute Gasteiger partial charge is 0.339 e.